The molecule has 0 radical (unpaired) electrons. The van der Waals surface area contributed by atoms with Crippen molar-refractivity contribution in [1.29, 1.82) is 0 Å². The van der Waals surface area contributed by atoms with E-state index >= 15 is 0 Å². The molecule has 0 aliphatic carbocycles. The van der Waals surface area contributed by atoms with Crippen molar-refractivity contribution in [3.63, 3.8) is 0 Å². The number of carbonyl (C=O) groups is 2. The van der Waals surface area contributed by atoms with Crippen LogP contribution >= 0.6 is 11.3 Å². The fraction of sp³-hybridized carbons (Fsp3) is 0.600. The first-order valence-corrected chi connectivity index (χ1v) is 8.01. The fourth-order valence-corrected chi connectivity index (χ4v) is 2.85. The molecule has 6 heteroatoms. The molecular formula is C15H22N2O3S. The molecule has 2 rings (SSSR count). The van der Waals surface area contributed by atoms with Gasteiger partial charge in [0.1, 0.15) is 5.60 Å². The van der Waals surface area contributed by atoms with Gasteiger partial charge in [-0.15, -0.1) is 11.3 Å². The Morgan fingerprint density at radius 2 is 2.24 bits per heavy atom. The maximum absolute atomic E-state index is 11.9. The smallest absolute Gasteiger partial charge is 0.410 e. The quantitative estimate of drug-likeness (QED) is 0.868. The second-order valence-electron chi connectivity index (χ2n) is 6.19. The van der Waals surface area contributed by atoms with Crippen molar-refractivity contribution in [1.82, 2.24) is 10.2 Å². The first-order chi connectivity index (χ1) is 9.85. The Morgan fingerprint density at radius 3 is 2.86 bits per heavy atom. The summed E-state index contributed by atoms with van der Waals surface area (Å²) in [4.78, 5) is 26.3. The molecule has 1 atom stereocenters. The van der Waals surface area contributed by atoms with Crippen LogP contribution in [0, 0.1) is 0 Å². The summed E-state index contributed by atoms with van der Waals surface area (Å²) in [7, 11) is 0. The first-order valence-electron chi connectivity index (χ1n) is 7.13. The molecule has 1 amide bonds. The standard InChI is InChI=1S/C15H22N2O3S/c1-15(2,3)20-14(19)17-7-6-11(10-17)16-9-12(18)13-5-4-8-21-13/h4-5,8,11,16H,6-7,9-10H2,1-3H3/t11-/m1/s1. The number of hydrogen-bond acceptors (Lipinski definition) is 5. The number of rotatable bonds is 4. The van der Waals surface area contributed by atoms with E-state index in [-0.39, 0.29) is 17.9 Å². The highest BCUT2D eigenvalue weighted by molar-refractivity contribution is 7.12. The molecule has 1 aliphatic rings. The van der Waals surface area contributed by atoms with Gasteiger partial charge in [-0.1, -0.05) is 6.07 Å². The van der Waals surface area contributed by atoms with Gasteiger partial charge in [-0.05, 0) is 38.6 Å². The second kappa shape index (κ2) is 6.58. The van der Waals surface area contributed by atoms with E-state index in [0.717, 1.165) is 11.3 Å². The van der Waals surface area contributed by atoms with E-state index in [4.69, 9.17) is 4.74 Å². The van der Waals surface area contributed by atoms with Gasteiger partial charge in [0.15, 0.2) is 5.78 Å². The van der Waals surface area contributed by atoms with E-state index in [1.807, 2.05) is 38.3 Å². The van der Waals surface area contributed by atoms with Crippen molar-refractivity contribution >= 4 is 23.2 Å². The average molecular weight is 310 g/mol. The molecule has 1 saturated heterocycles. The number of ether oxygens (including phenoxy) is 1. The Morgan fingerprint density at radius 1 is 1.48 bits per heavy atom. The van der Waals surface area contributed by atoms with Gasteiger partial charge in [-0.3, -0.25) is 4.79 Å². The van der Waals surface area contributed by atoms with Gasteiger partial charge in [0.05, 0.1) is 11.4 Å². The molecule has 0 unspecified atom stereocenters. The number of thiophene rings is 1. The molecule has 0 saturated carbocycles. The van der Waals surface area contributed by atoms with Gasteiger partial charge < -0.3 is 15.0 Å². The fourth-order valence-electron chi connectivity index (χ4n) is 2.18. The number of nitrogens with one attached hydrogen (secondary N) is 1. The van der Waals surface area contributed by atoms with Crippen LogP contribution in [0.3, 0.4) is 0 Å². The number of ketones is 1. The highest BCUT2D eigenvalue weighted by Crippen LogP contribution is 2.15. The summed E-state index contributed by atoms with van der Waals surface area (Å²) in [6, 6.07) is 3.86. The minimum Gasteiger partial charge on any atom is -0.444 e. The van der Waals surface area contributed by atoms with E-state index in [9.17, 15) is 9.59 Å². The summed E-state index contributed by atoms with van der Waals surface area (Å²) in [5.74, 6) is 0.0979. The molecule has 1 N–H and O–H groups in total. The average Bonchev–Trinajstić information content (AvgIpc) is 3.05. The molecule has 116 valence electrons. The van der Waals surface area contributed by atoms with E-state index < -0.39 is 5.60 Å². The third-order valence-electron chi connectivity index (χ3n) is 3.19. The molecular weight excluding hydrogens is 288 g/mol. The van der Waals surface area contributed by atoms with Gasteiger partial charge >= 0.3 is 6.09 Å². The predicted octanol–water partition coefficient (Wildman–Crippen LogP) is 2.53. The van der Waals surface area contributed by atoms with Crippen molar-refractivity contribution in [3.8, 4) is 0 Å². The van der Waals surface area contributed by atoms with Gasteiger partial charge in [0.2, 0.25) is 0 Å². The van der Waals surface area contributed by atoms with E-state index in [1.165, 1.54) is 11.3 Å². The van der Waals surface area contributed by atoms with Crippen LogP contribution in [-0.2, 0) is 4.74 Å². The Bertz CT molecular complexity index is 494. The van der Waals surface area contributed by atoms with Crippen LogP contribution in [0.25, 0.3) is 0 Å². The topological polar surface area (TPSA) is 58.6 Å². The third-order valence-corrected chi connectivity index (χ3v) is 4.10. The minimum absolute atomic E-state index is 0.0979. The number of hydrogen-bond donors (Lipinski definition) is 1. The summed E-state index contributed by atoms with van der Waals surface area (Å²) < 4.78 is 5.35. The predicted molar refractivity (Wildman–Crippen MR) is 82.9 cm³/mol. The van der Waals surface area contributed by atoms with Gasteiger partial charge in [-0.2, -0.15) is 0 Å². The highest BCUT2D eigenvalue weighted by atomic mass is 32.1. The molecule has 1 aromatic rings. The number of Topliss-reactive ketones (excluding diaryl/α,β-unsaturated/α-hetero) is 1. The molecule has 2 heterocycles. The van der Waals surface area contributed by atoms with Gasteiger partial charge in [-0.25, -0.2) is 4.79 Å². The lowest BCUT2D eigenvalue weighted by Gasteiger charge is -2.24. The summed E-state index contributed by atoms with van der Waals surface area (Å²) in [5, 5.41) is 5.12. The van der Waals surface area contributed by atoms with E-state index in [1.54, 1.807) is 4.90 Å². The van der Waals surface area contributed by atoms with E-state index in [0.29, 0.717) is 19.6 Å². The Balaban J connectivity index is 1.75. The molecule has 5 nitrogen and oxygen atoms in total. The molecule has 0 aromatic carbocycles. The highest BCUT2D eigenvalue weighted by Gasteiger charge is 2.29. The SMILES string of the molecule is CC(C)(C)OC(=O)N1CC[C@@H](NCC(=O)c2cccs2)C1. The number of carbonyl (C=O) groups excluding carboxylic acids is 2. The van der Waals surface area contributed by atoms with Crippen molar-refractivity contribution in [2.75, 3.05) is 19.6 Å². The number of likely N-dealkylation sites (tertiary alicyclic amines) is 1. The Hall–Kier alpha value is -1.40. The second-order valence-corrected chi connectivity index (χ2v) is 7.14. The summed E-state index contributed by atoms with van der Waals surface area (Å²) in [5.41, 5.74) is -0.474. The molecule has 0 bridgehead atoms. The summed E-state index contributed by atoms with van der Waals surface area (Å²) in [6.45, 7) is 7.14. The monoisotopic (exact) mass is 310 g/mol. The molecule has 1 aliphatic heterocycles. The van der Waals surface area contributed by atoms with Crippen molar-refractivity contribution < 1.29 is 14.3 Å². The maximum atomic E-state index is 11.9. The van der Waals surface area contributed by atoms with Crippen LogP contribution in [0.15, 0.2) is 17.5 Å². The zero-order valence-electron chi connectivity index (χ0n) is 12.7. The Kier molecular flexibility index (Phi) is 5.00. The van der Waals surface area contributed by atoms with E-state index in [2.05, 4.69) is 5.32 Å². The van der Waals surface area contributed by atoms with Crippen LogP contribution in [0.4, 0.5) is 4.79 Å². The molecule has 0 spiro atoms. The number of amides is 1. The van der Waals surface area contributed by atoms with Crippen LogP contribution in [0.1, 0.15) is 36.9 Å². The Labute approximate surface area is 129 Å². The van der Waals surface area contributed by atoms with Crippen molar-refractivity contribution in [2.45, 2.75) is 38.8 Å². The van der Waals surface area contributed by atoms with Crippen LogP contribution < -0.4 is 5.32 Å². The first kappa shape index (κ1) is 16.0. The van der Waals surface area contributed by atoms with Crippen LogP contribution in [-0.4, -0.2) is 48.1 Å². The van der Waals surface area contributed by atoms with Gasteiger partial charge in [0.25, 0.3) is 0 Å². The van der Waals surface area contributed by atoms with Crippen LogP contribution in [0.2, 0.25) is 0 Å². The lowest BCUT2D eigenvalue weighted by Crippen LogP contribution is -2.39. The summed E-state index contributed by atoms with van der Waals surface area (Å²) >= 11 is 1.45. The largest absolute Gasteiger partial charge is 0.444 e. The lowest BCUT2D eigenvalue weighted by atomic mass is 10.2. The minimum atomic E-state index is -0.474. The molecule has 1 fully saturated rings. The maximum Gasteiger partial charge on any atom is 0.410 e. The third kappa shape index (κ3) is 4.82. The molecule has 21 heavy (non-hydrogen) atoms. The summed E-state index contributed by atoms with van der Waals surface area (Å²) in [6.07, 6.45) is 0.563. The zero-order chi connectivity index (χ0) is 15.5. The number of nitrogens with zero attached hydrogens (tertiary/aromatic N) is 1. The lowest BCUT2D eigenvalue weighted by molar-refractivity contribution is 0.0291. The zero-order valence-corrected chi connectivity index (χ0v) is 13.5. The van der Waals surface area contributed by atoms with Gasteiger partial charge in [0, 0.05) is 19.1 Å². The van der Waals surface area contributed by atoms with Crippen LogP contribution in [0.5, 0.6) is 0 Å². The van der Waals surface area contributed by atoms with Crippen molar-refractivity contribution in [2.24, 2.45) is 0 Å². The normalized spacial score (nSPS) is 18.8. The molecule has 1 aromatic heterocycles. The van der Waals surface area contributed by atoms with Crippen molar-refractivity contribution in [3.05, 3.63) is 22.4 Å².